The summed E-state index contributed by atoms with van der Waals surface area (Å²) in [4.78, 5) is 0. The van der Waals surface area contributed by atoms with Gasteiger partial charge in [-0.05, 0) is 0 Å². The van der Waals surface area contributed by atoms with Crippen molar-refractivity contribution in [1.82, 2.24) is 0 Å². The van der Waals surface area contributed by atoms with E-state index in [9.17, 15) is 0 Å². The van der Waals surface area contributed by atoms with Crippen LogP contribution in [0.25, 0.3) is 0 Å². The lowest BCUT2D eigenvalue weighted by molar-refractivity contribution is 0.877. The van der Waals surface area contributed by atoms with Gasteiger partial charge in [0.2, 0.25) is 0 Å². The SMILES string of the molecule is C[B][B][C@@H](C)CC. The largest absolute Gasteiger partial charge is 0.0999 e. The summed E-state index contributed by atoms with van der Waals surface area (Å²) in [5.74, 6) is 0.769. The number of hydrogen-bond acceptors (Lipinski definition) is 0. The molecule has 0 aromatic rings. The van der Waals surface area contributed by atoms with Crippen molar-refractivity contribution in [1.29, 1.82) is 0 Å². The predicted octanol–water partition coefficient (Wildman–Crippen LogP) is 1.58. The quantitative estimate of drug-likeness (QED) is 0.465. The van der Waals surface area contributed by atoms with E-state index >= 15 is 0 Å². The maximum absolute atomic E-state index is 2.22. The Bertz CT molecular complexity index is 37.1. The first kappa shape index (κ1) is 7.13. The molecule has 0 aliphatic rings. The van der Waals surface area contributed by atoms with Gasteiger partial charge in [-0.2, -0.15) is 0 Å². The Morgan fingerprint density at radius 2 is 2.14 bits per heavy atom. The molecule has 38 valence electrons. The van der Waals surface area contributed by atoms with Crippen LogP contribution in [0, 0.1) is 0 Å². The minimum atomic E-state index is 0.769. The molecule has 0 nitrogen and oxygen atoms in total. The van der Waals surface area contributed by atoms with Crippen LogP contribution in [-0.4, -0.2) is 14.3 Å². The van der Waals surface area contributed by atoms with Crippen molar-refractivity contribution in [2.24, 2.45) is 0 Å². The first-order chi connectivity index (χ1) is 3.31. The molecule has 0 unspecified atom stereocenters. The summed E-state index contributed by atoms with van der Waals surface area (Å²) in [7, 11) is 4.33. The third-order valence-electron chi connectivity index (χ3n) is 1.16. The maximum atomic E-state index is 2.22. The Morgan fingerprint density at radius 1 is 1.57 bits per heavy atom. The minimum absolute atomic E-state index is 0.769. The van der Waals surface area contributed by atoms with Gasteiger partial charge < -0.3 is 0 Å². The van der Waals surface area contributed by atoms with Crippen LogP contribution in [0.2, 0.25) is 12.6 Å². The van der Waals surface area contributed by atoms with E-state index in [4.69, 9.17) is 0 Å². The second-order valence-corrected chi connectivity index (χ2v) is 1.91. The highest BCUT2D eigenvalue weighted by Crippen LogP contribution is 2.03. The van der Waals surface area contributed by atoms with Crippen molar-refractivity contribution in [3.05, 3.63) is 0 Å². The molecule has 0 saturated heterocycles. The first-order valence-electron chi connectivity index (χ1n) is 2.94. The van der Waals surface area contributed by atoms with Crippen LogP contribution in [0.5, 0.6) is 0 Å². The van der Waals surface area contributed by atoms with Crippen LogP contribution in [0.1, 0.15) is 20.3 Å². The smallest absolute Gasteiger partial charge is 0.0687 e. The van der Waals surface area contributed by atoms with Crippen molar-refractivity contribution in [3.63, 3.8) is 0 Å². The zero-order chi connectivity index (χ0) is 5.70. The number of hydrogen-bond donors (Lipinski definition) is 0. The molecule has 0 aromatic carbocycles. The Hall–Kier alpha value is 0.130. The molecule has 2 radical (unpaired) electrons. The van der Waals surface area contributed by atoms with Crippen molar-refractivity contribution in [2.75, 3.05) is 0 Å². The second-order valence-electron chi connectivity index (χ2n) is 1.91. The third-order valence-corrected chi connectivity index (χ3v) is 1.16. The molecule has 7 heavy (non-hydrogen) atoms. The molecule has 0 spiro atoms. The van der Waals surface area contributed by atoms with Crippen molar-refractivity contribution in [3.8, 4) is 0 Å². The molecule has 0 amide bonds. The Labute approximate surface area is 48.2 Å². The fourth-order valence-corrected chi connectivity index (χ4v) is 0.465. The van der Waals surface area contributed by atoms with Crippen molar-refractivity contribution >= 4 is 14.3 Å². The molecular weight excluding hydrogens is 81.7 g/mol. The summed E-state index contributed by atoms with van der Waals surface area (Å²) in [6.07, 6.45) is 1.25. The van der Waals surface area contributed by atoms with E-state index in [0.29, 0.717) is 0 Å². The van der Waals surface area contributed by atoms with Gasteiger partial charge in [0.15, 0.2) is 0 Å². The van der Waals surface area contributed by atoms with Gasteiger partial charge in [0, 0.05) is 0 Å². The van der Waals surface area contributed by atoms with E-state index in [1.165, 1.54) is 6.42 Å². The van der Waals surface area contributed by atoms with Gasteiger partial charge in [-0.3, -0.25) is 0 Å². The van der Waals surface area contributed by atoms with E-state index in [-0.39, 0.29) is 0 Å². The first-order valence-corrected chi connectivity index (χ1v) is 2.94. The van der Waals surface area contributed by atoms with Crippen LogP contribution in [0.4, 0.5) is 0 Å². The van der Waals surface area contributed by atoms with E-state index < -0.39 is 0 Å². The topological polar surface area (TPSA) is 0 Å². The van der Waals surface area contributed by atoms with Gasteiger partial charge >= 0.3 is 0 Å². The van der Waals surface area contributed by atoms with Crippen LogP contribution < -0.4 is 0 Å². The predicted molar refractivity (Wildman–Crippen MR) is 37.1 cm³/mol. The summed E-state index contributed by atoms with van der Waals surface area (Å²) in [5, 5.41) is 0. The van der Waals surface area contributed by atoms with Crippen LogP contribution in [0.3, 0.4) is 0 Å². The lowest BCUT2D eigenvalue weighted by Crippen LogP contribution is -2.03. The highest BCUT2D eigenvalue weighted by molar-refractivity contribution is 7.00. The summed E-state index contributed by atoms with van der Waals surface area (Å²) in [5.41, 5.74) is 0. The molecule has 0 aliphatic heterocycles. The summed E-state index contributed by atoms with van der Waals surface area (Å²) < 4.78 is 0. The van der Waals surface area contributed by atoms with Crippen molar-refractivity contribution in [2.45, 2.75) is 32.9 Å². The molecular formula is C5H12B2. The lowest BCUT2D eigenvalue weighted by Gasteiger charge is -2.00. The molecule has 0 fully saturated rings. The van der Waals surface area contributed by atoms with E-state index in [1.54, 1.807) is 0 Å². The third kappa shape index (κ3) is 3.97. The highest BCUT2D eigenvalue weighted by atomic mass is 13.8. The molecule has 0 saturated carbocycles. The average molecular weight is 93.8 g/mol. The van der Waals surface area contributed by atoms with Crippen LogP contribution in [-0.2, 0) is 0 Å². The normalized spacial score (nSPS) is 13.0. The molecule has 0 rings (SSSR count). The summed E-state index contributed by atoms with van der Waals surface area (Å²) in [6.45, 7) is 6.48. The Kier molecular flexibility index (Phi) is 4.37. The summed E-state index contributed by atoms with van der Waals surface area (Å²) in [6, 6.07) is 0. The molecule has 0 aliphatic carbocycles. The molecule has 0 aromatic heterocycles. The zero-order valence-electron chi connectivity index (χ0n) is 5.44. The van der Waals surface area contributed by atoms with E-state index in [2.05, 4.69) is 35.0 Å². The van der Waals surface area contributed by atoms with Gasteiger partial charge in [0.05, 0.1) is 14.3 Å². The minimum Gasteiger partial charge on any atom is -0.0999 e. The summed E-state index contributed by atoms with van der Waals surface area (Å²) >= 11 is 0. The number of rotatable bonds is 3. The van der Waals surface area contributed by atoms with Gasteiger partial charge in [-0.15, -0.1) is 0 Å². The highest BCUT2D eigenvalue weighted by Gasteiger charge is 1.95. The Morgan fingerprint density at radius 3 is 2.29 bits per heavy atom. The Balaban J connectivity index is 2.83. The molecule has 2 heteroatoms. The molecule has 0 heterocycles. The van der Waals surface area contributed by atoms with Gasteiger partial charge in [0.1, 0.15) is 0 Å². The maximum Gasteiger partial charge on any atom is 0.0687 e. The fourth-order valence-electron chi connectivity index (χ4n) is 0.465. The van der Waals surface area contributed by atoms with E-state index in [0.717, 1.165) is 5.82 Å². The van der Waals surface area contributed by atoms with Crippen LogP contribution in [0.15, 0.2) is 0 Å². The fraction of sp³-hybridized carbons (Fsp3) is 1.00. The second kappa shape index (κ2) is 4.29. The van der Waals surface area contributed by atoms with E-state index in [1.807, 2.05) is 0 Å². The van der Waals surface area contributed by atoms with Gasteiger partial charge in [0.25, 0.3) is 0 Å². The van der Waals surface area contributed by atoms with Crippen LogP contribution >= 0.6 is 0 Å². The molecule has 1 atom stereocenters. The lowest BCUT2D eigenvalue weighted by atomic mass is 9.35. The monoisotopic (exact) mass is 94.1 g/mol. The zero-order valence-corrected chi connectivity index (χ0v) is 5.44. The van der Waals surface area contributed by atoms with Gasteiger partial charge in [-0.1, -0.05) is 32.9 Å². The van der Waals surface area contributed by atoms with Crippen molar-refractivity contribution < 1.29 is 0 Å². The average Bonchev–Trinajstić information content (AvgIpc) is 1.68. The standard InChI is InChI=1S/C5H12B2/c1-4-5(2)7-6-3/h5H,4H2,1-3H3/t5-/m0/s1. The molecule has 0 N–H and O–H groups in total. The van der Waals surface area contributed by atoms with Gasteiger partial charge in [-0.25, -0.2) is 0 Å². The molecule has 0 bridgehead atoms.